The summed E-state index contributed by atoms with van der Waals surface area (Å²) in [4.78, 5) is 14.2. The fourth-order valence-electron chi connectivity index (χ4n) is 3.69. The maximum absolute atomic E-state index is 12.5. The highest BCUT2D eigenvalue weighted by Crippen LogP contribution is 2.38. The highest BCUT2D eigenvalue weighted by molar-refractivity contribution is 5.91. The lowest BCUT2D eigenvalue weighted by molar-refractivity contribution is -0.125. The zero-order chi connectivity index (χ0) is 19.0. The number of fused-ring (bicyclic) bond motifs is 1. The van der Waals surface area contributed by atoms with Gasteiger partial charge < -0.3 is 18.9 Å². The maximum Gasteiger partial charge on any atom is 0.246 e. The molecule has 2 heterocycles. The third kappa shape index (κ3) is 3.72. The van der Waals surface area contributed by atoms with Gasteiger partial charge in [0.25, 0.3) is 0 Å². The molecule has 4 rings (SSSR count). The van der Waals surface area contributed by atoms with Crippen LogP contribution < -0.4 is 9.47 Å². The normalized spacial score (nSPS) is 16.0. The van der Waals surface area contributed by atoms with Gasteiger partial charge in [0.1, 0.15) is 13.2 Å². The van der Waals surface area contributed by atoms with E-state index in [0.29, 0.717) is 25.8 Å². The van der Waals surface area contributed by atoms with Crippen LogP contribution in [0.4, 0.5) is 0 Å². The number of nitrogens with zero attached hydrogens (tertiary/aromatic N) is 2. The molecule has 2 aliphatic rings. The van der Waals surface area contributed by atoms with Crippen molar-refractivity contribution in [3.05, 3.63) is 52.9 Å². The van der Waals surface area contributed by atoms with E-state index in [0.717, 1.165) is 22.6 Å². The van der Waals surface area contributed by atoms with Crippen molar-refractivity contribution in [2.24, 2.45) is 0 Å². The Hall–Kier alpha value is -2.69. The molecular formula is C22H26N2O3. The standard InChI is InChI=1S/C22H26N2O3/c1-15-12-18(16(2)24(15)19-6-7-19)5-9-22(25)23(3)14-17-4-8-20-21(13-17)27-11-10-26-20/h4-5,8-9,12-13,19H,6-7,10-11,14H2,1-3H3. The van der Waals surface area contributed by atoms with E-state index in [1.54, 1.807) is 11.0 Å². The third-order valence-electron chi connectivity index (χ3n) is 5.24. The Bertz CT molecular complexity index is 893. The number of likely N-dealkylation sites (N-methyl/N-ethyl adjacent to an activating group) is 1. The third-order valence-corrected chi connectivity index (χ3v) is 5.24. The number of rotatable bonds is 5. The molecule has 0 spiro atoms. The first-order chi connectivity index (χ1) is 13.0. The van der Waals surface area contributed by atoms with Gasteiger partial charge in [-0.05, 0) is 62.1 Å². The molecule has 1 fully saturated rings. The van der Waals surface area contributed by atoms with Crippen molar-refractivity contribution in [2.45, 2.75) is 39.3 Å². The molecule has 1 amide bonds. The Labute approximate surface area is 160 Å². The van der Waals surface area contributed by atoms with Gasteiger partial charge in [0.05, 0.1) is 0 Å². The van der Waals surface area contributed by atoms with Crippen molar-refractivity contribution in [1.82, 2.24) is 9.47 Å². The summed E-state index contributed by atoms with van der Waals surface area (Å²) in [5, 5.41) is 0. The molecule has 5 nitrogen and oxygen atoms in total. The summed E-state index contributed by atoms with van der Waals surface area (Å²) in [6, 6.07) is 8.65. The molecule has 1 aliphatic carbocycles. The molecule has 1 aromatic heterocycles. The number of aromatic nitrogens is 1. The van der Waals surface area contributed by atoms with Crippen LogP contribution in [-0.2, 0) is 11.3 Å². The molecular weight excluding hydrogens is 340 g/mol. The molecule has 1 aliphatic heterocycles. The number of hydrogen-bond acceptors (Lipinski definition) is 3. The molecule has 5 heteroatoms. The molecule has 0 radical (unpaired) electrons. The summed E-state index contributed by atoms with van der Waals surface area (Å²) in [5.41, 5.74) is 4.66. The fourth-order valence-corrected chi connectivity index (χ4v) is 3.69. The van der Waals surface area contributed by atoms with E-state index in [1.165, 1.54) is 24.2 Å². The molecule has 0 unspecified atom stereocenters. The van der Waals surface area contributed by atoms with Crippen molar-refractivity contribution in [1.29, 1.82) is 0 Å². The van der Waals surface area contributed by atoms with E-state index >= 15 is 0 Å². The number of benzene rings is 1. The number of hydrogen-bond donors (Lipinski definition) is 0. The topological polar surface area (TPSA) is 43.7 Å². The van der Waals surface area contributed by atoms with Gasteiger partial charge in [-0.15, -0.1) is 0 Å². The lowest BCUT2D eigenvalue weighted by Gasteiger charge is -2.20. The molecule has 142 valence electrons. The van der Waals surface area contributed by atoms with Gasteiger partial charge in [-0.25, -0.2) is 0 Å². The zero-order valence-corrected chi connectivity index (χ0v) is 16.2. The minimum absolute atomic E-state index is 0.0129. The van der Waals surface area contributed by atoms with Gasteiger partial charge in [-0.1, -0.05) is 6.07 Å². The average molecular weight is 366 g/mol. The van der Waals surface area contributed by atoms with Crippen molar-refractivity contribution >= 4 is 12.0 Å². The van der Waals surface area contributed by atoms with Gasteiger partial charge in [0.2, 0.25) is 5.91 Å². The lowest BCUT2D eigenvalue weighted by Crippen LogP contribution is -2.24. The van der Waals surface area contributed by atoms with E-state index in [2.05, 4.69) is 24.5 Å². The van der Waals surface area contributed by atoms with Crippen molar-refractivity contribution in [2.75, 3.05) is 20.3 Å². The lowest BCUT2D eigenvalue weighted by atomic mass is 10.1. The van der Waals surface area contributed by atoms with Crippen LogP contribution in [0, 0.1) is 13.8 Å². The van der Waals surface area contributed by atoms with E-state index in [9.17, 15) is 4.79 Å². The second-order valence-electron chi connectivity index (χ2n) is 7.43. The molecule has 1 saturated carbocycles. The first kappa shape index (κ1) is 17.7. The van der Waals surface area contributed by atoms with Crippen LogP contribution in [0.25, 0.3) is 6.08 Å². The van der Waals surface area contributed by atoms with Crippen molar-refractivity contribution < 1.29 is 14.3 Å². The van der Waals surface area contributed by atoms with Crippen LogP contribution in [-0.4, -0.2) is 35.6 Å². The molecule has 1 aromatic carbocycles. The number of amides is 1. The Balaban J connectivity index is 1.42. The number of ether oxygens (including phenoxy) is 2. The van der Waals surface area contributed by atoms with Crippen molar-refractivity contribution in [3.63, 3.8) is 0 Å². The van der Waals surface area contributed by atoms with Crippen LogP contribution in [0.3, 0.4) is 0 Å². The van der Waals surface area contributed by atoms with Gasteiger partial charge in [0.15, 0.2) is 11.5 Å². The van der Waals surface area contributed by atoms with E-state index in [4.69, 9.17) is 9.47 Å². The molecule has 2 aromatic rings. The smallest absolute Gasteiger partial charge is 0.246 e. The highest BCUT2D eigenvalue weighted by atomic mass is 16.6. The Morgan fingerprint density at radius 3 is 2.67 bits per heavy atom. The summed E-state index contributed by atoms with van der Waals surface area (Å²) in [6.45, 7) is 5.94. The van der Waals surface area contributed by atoms with Crippen LogP contribution >= 0.6 is 0 Å². The van der Waals surface area contributed by atoms with Gasteiger partial charge in [-0.3, -0.25) is 4.79 Å². The van der Waals surface area contributed by atoms with Gasteiger partial charge >= 0.3 is 0 Å². The predicted molar refractivity (Wildman–Crippen MR) is 105 cm³/mol. The van der Waals surface area contributed by atoms with E-state index < -0.39 is 0 Å². The molecule has 0 bridgehead atoms. The largest absolute Gasteiger partial charge is 0.486 e. The maximum atomic E-state index is 12.5. The monoisotopic (exact) mass is 366 g/mol. The molecule has 0 N–H and O–H groups in total. The first-order valence-corrected chi connectivity index (χ1v) is 9.53. The van der Waals surface area contributed by atoms with Crippen LogP contribution in [0.1, 0.15) is 41.4 Å². The number of carbonyl (C=O) groups excluding carboxylic acids is 1. The minimum Gasteiger partial charge on any atom is -0.486 e. The SMILES string of the molecule is Cc1cc(C=CC(=O)N(C)Cc2ccc3c(c2)OCCO3)c(C)n1C1CC1. The van der Waals surface area contributed by atoms with Gasteiger partial charge in [0, 0.05) is 37.1 Å². The van der Waals surface area contributed by atoms with Gasteiger partial charge in [-0.2, -0.15) is 0 Å². The van der Waals surface area contributed by atoms with Crippen LogP contribution in [0.5, 0.6) is 11.5 Å². The average Bonchev–Trinajstić information content (AvgIpc) is 3.45. The van der Waals surface area contributed by atoms with E-state index in [-0.39, 0.29) is 5.91 Å². The predicted octanol–water partition coefficient (Wildman–Crippen LogP) is 3.88. The molecule has 27 heavy (non-hydrogen) atoms. The van der Waals surface area contributed by atoms with E-state index in [1.807, 2.05) is 31.3 Å². The zero-order valence-electron chi connectivity index (χ0n) is 16.2. The van der Waals surface area contributed by atoms with Crippen molar-refractivity contribution in [3.8, 4) is 11.5 Å². The summed E-state index contributed by atoms with van der Waals surface area (Å²) in [5.74, 6) is 1.51. The minimum atomic E-state index is -0.0129. The highest BCUT2D eigenvalue weighted by Gasteiger charge is 2.26. The Kier molecular flexibility index (Phi) is 4.68. The molecule has 0 atom stereocenters. The summed E-state index contributed by atoms with van der Waals surface area (Å²) < 4.78 is 13.6. The fraction of sp³-hybridized carbons (Fsp3) is 0.409. The summed E-state index contributed by atoms with van der Waals surface area (Å²) >= 11 is 0. The Morgan fingerprint density at radius 1 is 1.19 bits per heavy atom. The van der Waals surface area contributed by atoms with Crippen LogP contribution in [0.2, 0.25) is 0 Å². The second-order valence-corrected chi connectivity index (χ2v) is 7.43. The summed E-state index contributed by atoms with van der Waals surface area (Å²) in [6.07, 6.45) is 6.12. The second kappa shape index (κ2) is 7.14. The quantitative estimate of drug-likeness (QED) is 0.754. The molecule has 0 saturated heterocycles. The Morgan fingerprint density at radius 2 is 1.93 bits per heavy atom. The number of aryl methyl sites for hydroxylation is 1. The number of carbonyl (C=O) groups is 1. The first-order valence-electron chi connectivity index (χ1n) is 9.53. The van der Waals surface area contributed by atoms with Crippen LogP contribution in [0.15, 0.2) is 30.3 Å². The summed E-state index contributed by atoms with van der Waals surface area (Å²) in [7, 11) is 1.82.